The second-order valence-corrected chi connectivity index (χ2v) is 7.66. The molecule has 31 heavy (non-hydrogen) atoms. The Morgan fingerprint density at radius 3 is 2.61 bits per heavy atom. The van der Waals surface area contributed by atoms with Gasteiger partial charge in [0.25, 0.3) is 5.91 Å². The number of ether oxygens (including phenoxy) is 1. The van der Waals surface area contributed by atoms with Gasteiger partial charge in [-0.05, 0) is 68.8 Å². The van der Waals surface area contributed by atoms with Crippen molar-refractivity contribution in [2.24, 2.45) is 0 Å². The lowest BCUT2D eigenvalue weighted by Crippen LogP contribution is -2.13. The van der Waals surface area contributed by atoms with Crippen LogP contribution in [0.25, 0.3) is 11.8 Å². The van der Waals surface area contributed by atoms with E-state index >= 15 is 0 Å². The Morgan fingerprint density at radius 1 is 1.16 bits per heavy atom. The minimum absolute atomic E-state index is 0.00352. The number of nitriles is 1. The van der Waals surface area contributed by atoms with Gasteiger partial charge in [-0.25, -0.2) is 0 Å². The Kier molecular flexibility index (Phi) is 7.06. The van der Waals surface area contributed by atoms with Crippen molar-refractivity contribution in [2.45, 2.75) is 20.8 Å². The number of rotatable bonds is 6. The maximum atomic E-state index is 12.7. The van der Waals surface area contributed by atoms with Gasteiger partial charge in [-0.2, -0.15) is 5.26 Å². The van der Waals surface area contributed by atoms with E-state index in [1.54, 1.807) is 42.5 Å². The standard InChI is InChI=1S/C24H21Cl2N3O2/c1-4-31-21-7-5-6-19(12-21)28-24(30)18(14-27)11-17-10-15(2)29(16(17)3)20-8-9-22(25)23(26)13-20/h5-13H,4H2,1-3H3,(H,28,30)/b18-11+. The minimum Gasteiger partial charge on any atom is -0.494 e. The van der Waals surface area contributed by atoms with Crippen molar-refractivity contribution in [1.82, 2.24) is 4.57 Å². The summed E-state index contributed by atoms with van der Waals surface area (Å²) in [4.78, 5) is 12.7. The fraction of sp³-hybridized carbons (Fsp3) is 0.167. The highest BCUT2D eigenvalue weighted by Gasteiger charge is 2.15. The molecule has 5 nitrogen and oxygen atoms in total. The van der Waals surface area contributed by atoms with Crippen molar-refractivity contribution in [3.05, 3.63) is 81.1 Å². The summed E-state index contributed by atoms with van der Waals surface area (Å²) in [6.45, 7) is 6.27. The molecule has 3 rings (SSSR count). The van der Waals surface area contributed by atoms with Gasteiger partial charge in [-0.15, -0.1) is 0 Å². The number of hydrogen-bond acceptors (Lipinski definition) is 3. The van der Waals surface area contributed by atoms with Crippen LogP contribution in [-0.2, 0) is 4.79 Å². The minimum atomic E-state index is -0.490. The third kappa shape index (κ3) is 5.11. The Balaban J connectivity index is 1.90. The van der Waals surface area contributed by atoms with E-state index in [0.717, 1.165) is 22.6 Å². The van der Waals surface area contributed by atoms with Crippen LogP contribution in [0.15, 0.2) is 54.1 Å². The van der Waals surface area contributed by atoms with Crippen molar-refractivity contribution < 1.29 is 9.53 Å². The maximum Gasteiger partial charge on any atom is 0.266 e. The number of nitrogens with zero attached hydrogens (tertiary/aromatic N) is 2. The Hall–Kier alpha value is -3.20. The van der Waals surface area contributed by atoms with E-state index in [1.165, 1.54) is 0 Å². The van der Waals surface area contributed by atoms with Gasteiger partial charge in [0.2, 0.25) is 0 Å². The number of benzene rings is 2. The van der Waals surface area contributed by atoms with E-state index in [2.05, 4.69) is 5.32 Å². The van der Waals surface area contributed by atoms with E-state index in [4.69, 9.17) is 27.9 Å². The van der Waals surface area contributed by atoms with Gasteiger partial charge >= 0.3 is 0 Å². The number of carbonyl (C=O) groups is 1. The molecule has 7 heteroatoms. The van der Waals surface area contributed by atoms with Gasteiger partial charge in [0.1, 0.15) is 17.4 Å². The molecule has 0 aliphatic rings. The summed E-state index contributed by atoms with van der Waals surface area (Å²) in [5.41, 5.74) is 3.96. The molecule has 1 aromatic heterocycles. The van der Waals surface area contributed by atoms with Gasteiger partial charge in [0.05, 0.1) is 16.7 Å². The molecule has 0 saturated heterocycles. The molecule has 0 radical (unpaired) electrons. The molecule has 2 aromatic carbocycles. The smallest absolute Gasteiger partial charge is 0.266 e. The number of nitrogens with one attached hydrogen (secondary N) is 1. The first-order valence-corrected chi connectivity index (χ1v) is 10.4. The first kappa shape index (κ1) is 22.5. The number of amides is 1. The van der Waals surface area contributed by atoms with Crippen LogP contribution in [0, 0.1) is 25.2 Å². The average Bonchev–Trinajstić information content (AvgIpc) is 3.01. The van der Waals surface area contributed by atoms with Crippen molar-refractivity contribution in [3.8, 4) is 17.5 Å². The molecule has 0 aliphatic heterocycles. The summed E-state index contributed by atoms with van der Waals surface area (Å²) in [5, 5.41) is 13.3. The molecule has 0 spiro atoms. The Labute approximate surface area is 191 Å². The molecule has 1 heterocycles. The number of anilines is 1. The Bertz CT molecular complexity index is 1210. The number of halogens is 2. The lowest BCUT2D eigenvalue weighted by atomic mass is 10.1. The third-order valence-electron chi connectivity index (χ3n) is 4.70. The predicted octanol–water partition coefficient (Wildman–Crippen LogP) is 6.35. The molecular formula is C24H21Cl2N3O2. The molecule has 1 N–H and O–H groups in total. The van der Waals surface area contributed by atoms with Gasteiger partial charge in [-0.3, -0.25) is 4.79 Å². The van der Waals surface area contributed by atoms with E-state index in [9.17, 15) is 10.1 Å². The van der Waals surface area contributed by atoms with Crippen LogP contribution in [0.5, 0.6) is 5.75 Å². The first-order valence-electron chi connectivity index (χ1n) is 9.64. The van der Waals surface area contributed by atoms with Crippen LogP contribution in [0.4, 0.5) is 5.69 Å². The van der Waals surface area contributed by atoms with E-state index in [-0.39, 0.29) is 5.57 Å². The number of aryl methyl sites for hydroxylation is 1. The lowest BCUT2D eigenvalue weighted by molar-refractivity contribution is -0.112. The second kappa shape index (κ2) is 9.74. The normalized spacial score (nSPS) is 11.2. The van der Waals surface area contributed by atoms with Crippen molar-refractivity contribution >= 4 is 40.9 Å². The molecule has 0 bridgehead atoms. The van der Waals surface area contributed by atoms with Crippen LogP contribution in [0.1, 0.15) is 23.9 Å². The Morgan fingerprint density at radius 2 is 1.94 bits per heavy atom. The fourth-order valence-electron chi connectivity index (χ4n) is 3.29. The molecule has 0 unspecified atom stereocenters. The highest BCUT2D eigenvalue weighted by atomic mass is 35.5. The molecule has 0 aliphatic carbocycles. The molecule has 0 saturated carbocycles. The van der Waals surface area contributed by atoms with Crippen LogP contribution in [-0.4, -0.2) is 17.1 Å². The third-order valence-corrected chi connectivity index (χ3v) is 5.44. The van der Waals surface area contributed by atoms with E-state index in [1.807, 2.05) is 43.5 Å². The largest absolute Gasteiger partial charge is 0.494 e. The molecule has 0 atom stereocenters. The number of hydrogen-bond donors (Lipinski definition) is 1. The summed E-state index contributed by atoms with van der Waals surface area (Å²) in [6.07, 6.45) is 1.58. The second-order valence-electron chi connectivity index (χ2n) is 6.85. The van der Waals surface area contributed by atoms with Gasteiger partial charge < -0.3 is 14.6 Å². The van der Waals surface area contributed by atoms with Gasteiger partial charge in [0.15, 0.2) is 0 Å². The average molecular weight is 454 g/mol. The summed E-state index contributed by atoms with van der Waals surface area (Å²) in [7, 11) is 0. The summed E-state index contributed by atoms with van der Waals surface area (Å²) >= 11 is 12.2. The molecule has 0 fully saturated rings. The molecule has 158 valence electrons. The van der Waals surface area contributed by atoms with Gasteiger partial charge in [0, 0.05) is 28.8 Å². The SMILES string of the molecule is CCOc1cccc(NC(=O)/C(C#N)=C/c2cc(C)n(-c3ccc(Cl)c(Cl)c3)c2C)c1. The van der Waals surface area contributed by atoms with Crippen molar-refractivity contribution in [1.29, 1.82) is 5.26 Å². The molecule has 1 amide bonds. The van der Waals surface area contributed by atoms with Crippen molar-refractivity contribution in [2.75, 3.05) is 11.9 Å². The van der Waals surface area contributed by atoms with Crippen LogP contribution in [0.3, 0.4) is 0 Å². The zero-order valence-corrected chi connectivity index (χ0v) is 18.9. The zero-order chi connectivity index (χ0) is 22.5. The highest BCUT2D eigenvalue weighted by Crippen LogP contribution is 2.28. The summed E-state index contributed by atoms with van der Waals surface area (Å²) in [5.74, 6) is 0.156. The molecule has 3 aromatic rings. The summed E-state index contributed by atoms with van der Waals surface area (Å²) in [6, 6.07) is 16.3. The van der Waals surface area contributed by atoms with Crippen LogP contribution >= 0.6 is 23.2 Å². The quantitative estimate of drug-likeness (QED) is 0.349. The number of carbonyl (C=O) groups excluding carboxylic acids is 1. The maximum absolute atomic E-state index is 12.7. The first-order chi connectivity index (χ1) is 14.8. The lowest BCUT2D eigenvalue weighted by Gasteiger charge is -2.11. The zero-order valence-electron chi connectivity index (χ0n) is 17.4. The fourth-order valence-corrected chi connectivity index (χ4v) is 3.58. The summed E-state index contributed by atoms with van der Waals surface area (Å²) < 4.78 is 7.44. The molecular weight excluding hydrogens is 433 g/mol. The topological polar surface area (TPSA) is 67.0 Å². The predicted molar refractivity (Wildman–Crippen MR) is 125 cm³/mol. The highest BCUT2D eigenvalue weighted by molar-refractivity contribution is 6.42. The number of aromatic nitrogens is 1. The van der Waals surface area contributed by atoms with E-state index in [0.29, 0.717) is 28.1 Å². The monoisotopic (exact) mass is 453 g/mol. The van der Waals surface area contributed by atoms with E-state index < -0.39 is 5.91 Å². The van der Waals surface area contributed by atoms with Crippen molar-refractivity contribution in [3.63, 3.8) is 0 Å². The van der Waals surface area contributed by atoms with Crippen LogP contribution < -0.4 is 10.1 Å². The van der Waals surface area contributed by atoms with Crippen LogP contribution in [0.2, 0.25) is 10.0 Å². The van der Waals surface area contributed by atoms with Gasteiger partial charge in [-0.1, -0.05) is 29.3 Å².